The number of ether oxygens (including phenoxy) is 2. The van der Waals surface area contributed by atoms with Crippen molar-refractivity contribution in [3.63, 3.8) is 0 Å². The number of carbonyl (C=O) groups is 1. The van der Waals surface area contributed by atoms with E-state index in [2.05, 4.69) is 15.1 Å². The van der Waals surface area contributed by atoms with Crippen molar-refractivity contribution >= 4 is 22.7 Å². The maximum absolute atomic E-state index is 12.1. The maximum Gasteiger partial charge on any atom is 0.338 e. The predicted octanol–water partition coefficient (Wildman–Crippen LogP) is 2.40. The van der Waals surface area contributed by atoms with Crippen molar-refractivity contribution in [2.45, 2.75) is 20.4 Å². The molecule has 0 radical (unpaired) electrons. The summed E-state index contributed by atoms with van der Waals surface area (Å²) in [4.78, 5) is 20.1. The van der Waals surface area contributed by atoms with Gasteiger partial charge in [-0.3, -0.25) is 4.68 Å². The van der Waals surface area contributed by atoms with Gasteiger partial charge in [-0.2, -0.15) is 5.10 Å². The number of nitrogen functional groups attached to an aromatic ring is 1. The molecular formula is C16H17N5O3. The van der Waals surface area contributed by atoms with Gasteiger partial charge in [0.1, 0.15) is 11.6 Å². The highest BCUT2D eigenvalue weighted by molar-refractivity contribution is 5.97. The topological polar surface area (TPSA) is 105 Å². The molecule has 0 aliphatic carbocycles. The van der Waals surface area contributed by atoms with Crippen molar-refractivity contribution < 1.29 is 14.3 Å². The molecule has 8 nitrogen and oxygen atoms in total. The predicted molar refractivity (Wildman–Crippen MR) is 87.9 cm³/mol. The van der Waals surface area contributed by atoms with Crippen LogP contribution in [0, 0.1) is 0 Å². The van der Waals surface area contributed by atoms with Gasteiger partial charge in [-0.1, -0.05) is 0 Å². The average molecular weight is 327 g/mol. The Bertz CT molecular complexity index is 873. The third kappa shape index (κ3) is 3.12. The van der Waals surface area contributed by atoms with Crippen LogP contribution >= 0.6 is 0 Å². The van der Waals surface area contributed by atoms with Gasteiger partial charge in [0.05, 0.1) is 35.5 Å². The zero-order chi connectivity index (χ0) is 17.1. The second kappa shape index (κ2) is 6.53. The molecule has 3 rings (SSSR count). The van der Waals surface area contributed by atoms with Crippen LogP contribution in [0.4, 0.5) is 5.82 Å². The van der Waals surface area contributed by atoms with Crippen molar-refractivity contribution in [3.05, 3.63) is 36.3 Å². The smallest absolute Gasteiger partial charge is 0.338 e. The van der Waals surface area contributed by atoms with Gasteiger partial charge >= 0.3 is 5.97 Å². The molecule has 2 heterocycles. The van der Waals surface area contributed by atoms with E-state index in [0.717, 1.165) is 5.39 Å². The lowest BCUT2D eigenvalue weighted by atomic mass is 10.1. The lowest BCUT2D eigenvalue weighted by Crippen LogP contribution is -2.05. The molecule has 8 heteroatoms. The minimum absolute atomic E-state index is 0.274. The van der Waals surface area contributed by atoms with Crippen molar-refractivity contribution in [1.29, 1.82) is 0 Å². The summed E-state index contributed by atoms with van der Waals surface area (Å²) in [6, 6.07) is 3.29. The Morgan fingerprint density at radius 3 is 2.75 bits per heavy atom. The number of hydrogen-bond acceptors (Lipinski definition) is 7. The molecule has 0 amide bonds. The molecule has 0 aliphatic rings. The quantitative estimate of drug-likeness (QED) is 0.717. The highest BCUT2D eigenvalue weighted by Gasteiger charge is 2.15. The highest BCUT2D eigenvalue weighted by Crippen LogP contribution is 2.30. The van der Waals surface area contributed by atoms with E-state index in [1.54, 1.807) is 23.7 Å². The number of nitrogens with two attached hydrogens (primary N) is 1. The zero-order valence-corrected chi connectivity index (χ0v) is 13.4. The molecule has 0 saturated carbocycles. The Labute approximate surface area is 138 Å². The fourth-order valence-electron chi connectivity index (χ4n) is 2.21. The lowest BCUT2D eigenvalue weighted by Gasteiger charge is -2.08. The fraction of sp³-hybridized carbons (Fsp3) is 0.250. The third-order valence-corrected chi connectivity index (χ3v) is 3.33. The summed E-state index contributed by atoms with van der Waals surface area (Å²) in [5, 5.41) is 5.19. The van der Waals surface area contributed by atoms with Gasteiger partial charge in [0.2, 0.25) is 5.88 Å². The largest absolute Gasteiger partial charge is 0.462 e. The molecule has 0 atom stereocenters. The molecule has 1 aromatic carbocycles. The number of aromatic nitrogens is 4. The second-order valence-corrected chi connectivity index (χ2v) is 4.99. The van der Waals surface area contributed by atoms with Crippen LogP contribution in [-0.2, 0) is 11.3 Å². The first-order valence-electron chi connectivity index (χ1n) is 7.54. The Morgan fingerprint density at radius 1 is 1.25 bits per heavy atom. The SMILES string of the molecule is CCOC(=O)c1cc(Oc2cnc(N)cn2)c2cn(CC)nc2c1. The van der Waals surface area contributed by atoms with E-state index in [1.165, 1.54) is 12.4 Å². The van der Waals surface area contributed by atoms with Crippen LogP contribution in [0.5, 0.6) is 11.6 Å². The normalized spacial score (nSPS) is 10.8. The Hall–Kier alpha value is -3.16. The number of benzene rings is 1. The minimum Gasteiger partial charge on any atom is -0.462 e. The summed E-state index contributed by atoms with van der Waals surface area (Å²) in [6.45, 7) is 4.72. The lowest BCUT2D eigenvalue weighted by molar-refractivity contribution is 0.0526. The number of anilines is 1. The summed E-state index contributed by atoms with van der Waals surface area (Å²) >= 11 is 0. The monoisotopic (exact) mass is 327 g/mol. The minimum atomic E-state index is -0.432. The molecule has 3 aromatic rings. The Balaban J connectivity index is 2.06. The highest BCUT2D eigenvalue weighted by atomic mass is 16.5. The van der Waals surface area contributed by atoms with Crippen molar-refractivity contribution in [2.24, 2.45) is 0 Å². The number of aryl methyl sites for hydroxylation is 1. The van der Waals surface area contributed by atoms with Crippen LogP contribution < -0.4 is 10.5 Å². The van der Waals surface area contributed by atoms with Gasteiger partial charge in [-0.25, -0.2) is 14.8 Å². The van der Waals surface area contributed by atoms with E-state index in [-0.39, 0.29) is 5.88 Å². The number of hydrogen-bond donors (Lipinski definition) is 1. The van der Waals surface area contributed by atoms with Crippen molar-refractivity contribution in [2.75, 3.05) is 12.3 Å². The Morgan fingerprint density at radius 2 is 2.08 bits per heavy atom. The second-order valence-electron chi connectivity index (χ2n) is 4.99. The van der Waals surface area contributed by atoms with Crippen LogP contribution in [-0.4, -0.2) is 32.3 Å². The van der Waals surface area contributed by atoms with Gasteiger partial charge in [-0.05, 0) is 26.0 Å². The Kier molecular flexibility index (Phi) is 4.28. The summed E-state index contributed by atoms with van der Waals surface area (Å²) < 4.78 is 12.6. The molecule has 2 aromatic heterocycles. The molecule has 0 spiro atoms. The number of esters is 1. The average Bonchev–Trinajstić information content (AvgIpc) is 3.00. The van der Waals surface area contributed by atoms with Gasteiger partial charge in [0.15, 0.2) is 0 Å². The summed E-state index contributed by atoms with van der Waals surface area (Å²) in [5.74, 6) is 0.593. The van der Waals surface area contributed by atoms with Gasteiger partial charge in [-0.15, -0.1) is 0 Å². The van der Waals surface area contributed by atoms with Crippen LogP contribution in [0.3, 0.4) is 0 Å². The van der Waals surface area contributed by atoms with Crippen LogP contribution in [0.2, 0.25) is 0 Å². The van der Waals surface area contributed by atoms with Crippen molar-refractivity contribution in [3.8, 4) is 11.6 Å². The van der Waals surface area contributed by atoms with Gasteiger partial charge in [0.25, 0.3) is 0 Å². The van der Waals surface area contributed by atoms with Gasteiger partial charge in [0, 0.05) is 12.7 Å². The molecule has 124 valence electrons. The van der Waals surface area contributed by atoms with E-state index >= 15 is 0 Å². The fourth-order valence-corrected chi connectivity index (χ4v) is 2.21. The van der Waals surface area contributed by atoms with E-state index in [9.17, 15) is 4.79 Å². The van der Waals surface area contributed by atoms with Crippen molar-refractivity contribution in [1.82, 2.24) is 19.7 Å². The molecule has 0 unspecified atom stereocenters. The standard InChI is InChI=1S/C16H17N5O3/c1-3-21-9-11-12(20-21)5-10(16(22)23-4-2)6-13(11)24-15-8-18-14(17)7-19-15/h5-9H,3-4H2,1-2H3,(H2,17,18). The van der Waals surface area contributed by atoms with Crippen LogP contribution in [0.15, 0.2) is 30.7 Å². The molecule has 0 fully saturated rings. The molecular weight excluding hydrogens is 310 g/mol. The zero-order valence-electron chi connectivity index (χ0n) is 13.4. The van der Waals surface area contributed by atoms with Gasteiger partial charge < -0.3 is 15.2 Å². The molecule has 0 saturated heterocycles. The van der Waals surface area contributed by atoms with E-state index in [1.807, 2.05) is 13.1 Å². The van der Waals surface area contributed by atoms with E-state index < -0.39 is 5.97 Å². The molecule has 0 aliphatic heterocycles. The number of nitrogens with zero attached hydrogens (tertiary/aromatic N) is 4. The maximum atomic E-state index is 12.1. The molecule has 24 heavy (non-hydrogen) atoms. The van der Waals surface area contributed by atoms with E-state index in [4.69, 9.17) is 15.2 Å². The number of rotatable bonds is 5. The van der Waals surface area contributed by atoms with E-state index in [0.29, 0.717) is 35.8 Å². The molecule has 2 N–H and O–H groups in total. The third-order valence-electron chi connectivity index (χ3n) is 3.33. The first kappa shape index (κ1) is 15.7. The number of carbonyl (C=O) groups excluding carboxylic acids is 1. The first-order chi connectivity index (χ1) is 11.6. The number of fused-ring (bicyclic) bond motifs is 1. The van der Waals surface area contributed by atoms with Crippen LogP contribution in [0.25, 0.3) is 10.9 Å². The first-order valence-corrected chi connectivity index (χ1v) is 7.54. The molecule has 0 bridgehead atoms. The van der Waals surface area contributed by atoms with Crippen LogP contribution in [0.1, 0.15) is 24.2 Å². The summed E-state index contributed by atoms with van der Waals surface area (Å²) in [5.41, 5.74) is 6.53. The summed E-state index contributed by atoms with van der Waals surface area (Å²) in [7, 11) is 0. The summed E-state index contributed by atoms with van der Waals surface area (Å²) in [6.07, 6.45) is 4.67.